The molecule has 0 saturated heterocycles. The van der Waals surface area contributed by atoms with Crippen LogP contribution < -0.4 is 0 Å². The van der Waals surface area contributed by atoms with E-state index in [0.29, 0.717) is 0 Å². The smallest absolute Gasteiger partial charge is 0.169 e. The van der Waals surface area contributed by atoms with Crippen molar-refractivity contribution in [1.29, 1.82) is 0 Å². The first-order valence-corrected chi connectivity index (χ1v) is 12.9. The first kappa shape index (κ1) is 24.6. The molecule has 5 heteroatoms. The Morgan fingerprint density at radius 2 is 1.05 bits per heavy atom. The van der Waals surface area contributed by atoms with E-state index in [2.05, 4.69) is 143 Å². The maximum atomic E-state index is 4.67. The summed E-state index contributed by atoms with van der Waals surface area (Å²) in [6.07, 6.45) is 0. The van der Waals surface area contributed by atoms with Gasteiger partial charge in [0.2, 0.25) is 0 Å². The first-order valence-electron chi connectivity index (χ1n) is 12.9. The molecule has 5 rings (SSSR count). The molecule has 0 amide bonds. The summed E-state index contributed by atoms with van der Waals surface area (Å²) in [6.45, 7) is 6.11. The van der Waals surface area contributed by atoms with Crippen LogP contribution in [0.25, 0.3) is 0 Å². The molecule has 0 aliphatic heterocycles. The molecule has 1 aromatic heterocycles. The number of rotatable bonds is 10. The quantitative estimate of drug-likeness (QED) is 0.220. The minimum Gasteiger partial charge on any atom is -0.285 e. The summed E-state index contributed by atoms with van der Waals surface area (Å²) in [5.41, 5.74) is 4.85. The van der Waals surface area contributed by atoms with Crippen LogP contribution in [0.3, 0.4) is 0 Å². The van der Waals surface area contributed by atoms with Crippen molar-refractivity contribution < 1.29 is 0 Å². The fourth-order valence-corrected chi connectivity index (χ4v) is 5.10. The second-order valence-electron chi connectivity index (χ2n) is 9.77. The molecule has 1 heterocycles. The van der Waals surface area contributed by atoms with Crippen LogP contribution in [0.4, 0.5) is 0 Å². The third-order valence-electron chi connectivity index (χ3n) is 6.74. The lowest BCUT2D eigenvalue weighted by molar-refractivity contribution is 0.125. The van der Waals surface area contributed by atoms with Crippen molar-refractivity contribution in [1.82, 2.24) is 25.1 Å². The lowest BCUT2D eigenvalue weighted by Crippen LogP contribution is -2.34. The van der Waals surface area contributed by atoms with Crippen molar-refractivity contribution in [2.45, 2.75) is 39.0 Å². The van der Waals surface area contributed by atoms with Crippen LogP contribution in [0.5, 0.6) is 0 Å². The number of tetrazole rings is 1. The number of aromatic nitrogens is 4. The molecule has 0 fully saturated rings. The van der Waals surface area contributed by atoms with Gasteiger partial charge in [-0.2, -0.15) is 0 Å². The van der Waals surface area contributed by atoms with Gasteiger partial charge in [0.05, 0.1) is 6.04 Å². The summed E-state index contributed by atoms with van der Waals surface area (Å²) in [4.78, 5) is 2.50. The summed E-state index contributed by atoms with van der Waals surface area (Å²) < 4.78 is 2.03. The molecule has 0 aliphatic rings. The van der Waals surface area contributed by atoms with Gasteiger partial charge in [-0.25, -0.2) is 4.68 Å². The highest BCUT2D eigenvalue weighted by Gasteiger charge is 2.32. The van der Waals surface area contributed by atoms with Gasteiger partial charge in [0.15, 0.2) is 5.82 Å². The fourth-order valence-electron chi connectivity index (χ4n) is 5.10. The van der Waals surface area contributed by atoms with Gasteiger partial charge in [0.25, 0.3) is 0 Å². The third-order valence-corrected chi connectivity index (χ3v) is 6.74. The highest BCUT2D eigenvalue weighted by atomic mass is 15.6. The lowest BCUT2D eigenvalue weighted by Gasteiger charge is -2.34. The first-order chi connectivity index (χ1) is 18.2. The van der Waals surface area contributed by atoms with Crippen molar-refractivity contribution in [3.8, 4) is 0 Å². The predicted molar refractivity (Wildman–Crippen MR) is 148 cm³/mol. The van der Waals surface area contributed by atoms with Crippen LogP contribution in [0.2, 0.25) is 0 Å². The number of hydrogen-bond acceptors (Lipinski definition) is 4. The molecule has 5 nitrogen and oxygen atoms in total. The van der Waals surface area contributed by atoms with E-state index in [4.69, 9.17) is 0 Å². The second kappa shape index (κ2) is 11.8. The lowest BCUT2D eigenvalue weighted by atomic mass is 9.96. The van der Waals surface area contributed by atoms with Gasteiger partial charge in [-0.05, 0) is 38.6 Å². The molecule has 0 radical (unpaired) electrons. The average molecular weight is 488 g/mol. The maximum Gasteiger partial charge on any atom is 0.169 e. The Hall–Kier alpha value is -4.09. The van der Waals surface area contributed by atoms with Gasteiger partial charge in [-0.3, -0.25) is 4.90 Å². The van der Waals surface area contributed by atoms with Crippen molar-refractivity contribution in [2.75, 3.05) is 0 Å². The van der Waals surface area contributed by atoms with E-state index in [1.54, 1.807) is 0 Å². The fraction of sp³-hybridized carbons (Fsp3) is 0.219. The molecule has 0 aliphatic carbocycles. The van der Waals surface area contributed by atoms with Crippen molar-refractivity contribution in [3.63, 3.8) is 0 Å². The van der Waals surface area contributed by atoms with Crippen molar-refractivity contribution in [3.05, 3.63) is 149 Å². The molecular formula is C32H33N5. The van der Waals surface area contributed by atoms with Crippen LogP contribution >= 0.6 is 0 Å². The minimum atomic E-state index is -0.121. The van der Waals surface area contributed by atoms with Crippen molar-refractivity contribution in [2.24, 2.45) is 5.92 Å². The standard InChI is InChI=1S/C32H33N5/c1-25(2)30(36(23-26-15-7-3-8-16-26)24-27-17-9-4-10-18-27)32-33-34-35-37(32)31(28-19-11-5-12-20-28)29-21-13-6-14-22-29/h3-22,25,30-31H,23-24H2,1-2H3. The van der Waals surface area contributed by atoms with Gasteiger partial charge in [0, 0.05) is 13.1 Å². The zero-order chi connectivity index (χ0) is 25.5. The molecule has 0 N–H and O–H groups in total. The Kier molecular flexibility index (Phi) is 7.82. The Labute approximate surface area is 219 Å². The third kappa shape index (κ3) is 5.84. The summed E-state index contributed by atoms with van der Waals surface area (Å²) in [5, 5.41) is 13.5. The predicted octanol–water partition coefficient (Wildman–Crippen LogP) is 6.71. The summed E-state index contributed by atoms with van der Waals surface area (Å²) in [5.74, 6) is 1.16. The normalized spacial score (nSPS) is 12.4. The van der Waals surface area contributed by atoms with Gasteiger partial charge in [0.1, 0.15) is 6.04 Å². The molecule has 0 bridgehead atoms. The van der Waals surface area contributed by atoms with E-state index in [1.165, 1.54) is 11.1 Å². The van der Waals surface area contributed by atoms with Crippen LogP contribution in [-0.4, -0.2) is 25.1 Å². The number of nitrogens with zero attached hydrogens (tertiary/aromatic N) is 5. The van der Waals surface area contributed by atoms with Gasteiger partial charge in [-0.1, -0.05) is 135 Å². The largest absolute Gasteiger partial charge is 0.285 e. The number of benzene rings is 4. The van der Waals surface area contributed by atoms with Gasteiger partial charge >= 0.3 is 0 Å². The molecule has 0 saturated carbocycles. The zero-order valence-electron chi connectivity index (χ0n) is 21.4. The molecule has 0 spiro atoms. The SMILES string of the molecule is CC(C)C(c1nnnn1C(c1ccccc1)c1ccccc1)N(Cc1ccccc1)Cc1ccccc1. The highest BCUT2D eigenvalue weighted by Crippen LogP contribution is 2.34. The average Bonchev–Trinajstić information content (AvgIpc) is 3.39. The Morgan fingerprint density at radius 3 is 1.49 bits per heavy atom. The molecule has 1 unspecified atom stereocenters. The van der Waals surface area contributed by atoms with Crippen LogP contribution in [0, 0.1) is 5.92 Å². The molecule has 4 aromatic carbocycles. The van der Waals surface area contributed by atoms with E-state index in [9.17, 15) is 0 Å². The molecule has 37 heavy (non-hydrogen) atoms. The van der Waals surface area contributed by atoms with E-state index in [0.717, 1.165) is 30.0 Å². The zero-order valence-corrected chi connectivity index (χ0v) is 21.4. The van der Waals surface area contributed by atoms with E-state index in [-0.39, 0.29) is 18.0 Å². The Bertz CT molecular complexity index is 1270. The summed E-state index contributed by atoms with van der Waals surface area (Å²) in [6, 6.07) is 42.2. The van der Waals surface area contributed by atoms with Crippen LogP contribution in [-0.2, 0) is 13.1 Å². The van der Waals surface area contributed by atoms with Crippen LogP contribution in [0.1, 0.15) is 54.0 Å². The Balaban J connectivity index is 1.60. The molecule has 186 valence electrons. The minimum absolute atomic E-state index is 0.00494. The van der Waals surface area contributed by atoms with Crippen molar-refractivity contribution >= 4 is 0 Å². The van der Waals surface area contributed by atoms with Gasteiger partial charge < -0.3 is 0 Å². The molecule has 1 atom stereocenters. The number of hydrogen-bond donors (Lipinski definition) is 0. The van der Waals surface area contributed by atoms with Crippen LogP contribution in [0.15, 0.2) is 121 Å². The maximum absolute atomic E-state index is 4.67. The monoisotopic (exact) mass is 487 g/mol. The van der Waals surface area contributed by atoms with E-state index in [1.807, 2.05) is 16.8 Å². The second-order valence-corrected chi connectivity index (χ2v) is 9.77. The summed E-state index contributed by atoms with van der Waals surface area (Å²) in [7, 11) is 0. The molecular weight excluding hydrogens is 454 g/mol. The summed E-state index contributed by atoms with van der Waals surface area (Å²) >= 11 is 0. The Morgan fingerprint density at radius 1 is 0.622 bits per heavy atom. The molecule has 5 aromatic rings. The van der Waals surface area contributed by atoms with E-state index >= 15 is 0 Å². The van der Waals surface area contributed by atoms with E-state index < -0.39 is 0 Å². The highest BCUT2D eigenvalue weighted by molar-refractivity contribution is 5.33. The topological polar surface area (TPSA) is 46.8 Å². The van der Waals surface area contributed by atoms with Gasteiger partial charge in [-0.15, -0.1) is 5.10 Å².